The number of esters is 1. The molecule has 74 valence electrons. The molecule has 0 atom stereocenters. The molecule has 0 amide bonds. The molecule has 0 aliphatic heterocycles. The van der Waals surface area contributed by atoms with Gasteiger partial charge in [0.1, 0.15) is 5.75 Å². The van der Waals surface area contributed by atoms with Crippen molar-refractivity contribution in [1.29, 1.82) is 0 Å². The average Bonchev–Trinajstić information content (AvgIpc) is 2.10. The van der Waals surface area contributed by atoms with E-state index in [1.807, 2.05) is 19.1 Å². The summed E-state index contributed by atoms with van der Waals surface area (Å²) in [5, 5.41) is 0. The Morgan fingerprint density at radius 1 is 1.57 bits per heavy atom. The highest BCUT2D eigenvalue weighted by Gasteiger charge is 2.08. The predicted molar refractivity (Wildman–Crippen MR) is 65.3 cm³/mol. The molecule has 0 saturated carbocycles. The highest BCUT2D eigenvalue weighted by molar-refractivity contribution is 14.1. The first kappa shape index (κ1) is 11.2. The van der Waals surface area contributed by atoms with Crippen molar-refractivity contribution < 1.29 is 9.53 Å². The fraction of sp³-hybridized carbons (Fsp3) is 0.182. The zero-order valence-corrected chi connectivity index (χ0v) is 10.3. The number of hydrogen-bond acceptors (Lipinski definition) is 2. The smallest absolute Gasteiger partial charge is 0.308 e. The van der Waals surface area contributed by atoms with Crippen LogP contribution in [0.4, 0.5) is 0 Å². The lowest BCUT2D eigenvalue weighted by atomic mass is 10.1. The van der Waals surface area contributed by atoms with E-state index in [2.05, 4.69) is 29.2 Å². The Bertz CT molecular complexity index is 360. The quantitative estimate of drug-likeness (QED) is 0.476. The second kappa shape index (κ2) is 4.59. The zero-order chi connectivity index (χ0) is 10.7. The van der Waals surface area contributed by atoms with Gasteiger partial charge >= 0.3 is 5.97 Å². The average molecular weight is 302 g/mol. The van der Waals surface area contributed by atoms with Crippen LogP contribution in [0.2, 0.25) is 0 Å². The molecule has 0 spiro atoms. The molecule has 1 aromatic carbocycles. The molecule has 0 unspecified atom stereocenters. The number of rotatable bonds is 2. The summed E-state index contributed by atoms with van der Waals surface area (Å²) in [7, 11) is 0. The fourth-order valence-electron chi connectivity index (χ4n) is 1.15. The second-order valence-electron chi connectivity index (χ2n) is 2.95. The summed E-state index contributed by atoms with van der Waals surface area (Å²) in [5.74, 6) is 0.348. The van der Waals surface area contributed by atoms with Gasteiger partial charge in [0.2, 0.25) is 0 Å². The molecule has 0 aliphatic carbocycles. The largest absolute Gasteiger partial charge is 0.425 e. The number of aryl methyl sites for hydroxylation is 1. The minimum atomic E-state index is -0.294. The van der Waals surface area contributed by atoms with Gasteiger partial charge in [-0.15, -0.1) is 0 Å². The maximum absolute atomic E-state index is 10.8. The summed E-state index contributed by atoms with van der Waals surface area (Å²) >= 11 is 2.14. The van der Waals surface area contributed by atoms with Crippen molar-refractivity contribution in [3.63, 3.8) is 0 Å². The van der Waals surface area contributed by atoms with Crippen molar-refractivity contribution >= 4 is 34.6 Å². The Hall–Kier alpha value is -0.840. The van der Waals surface area contributed by atoms with Gasteiger partial charge in [-0.05, 0) is 52.8 Å². The van der Waals surface area contributed by atoms with Crippen LogP contribution in [0.1, 0.15) is 18.1 Å². The fourth-order valence-corrected chi connectivity index (χ4v) is 2.04. The molecule has 0 saturated heterocycles. The molecule has 0 bridgehead atoms. The van der Waals surface area contributed by atoms with Crippen molar-refractivity contribution in [3.8, 4) is 5.75 Å². The first-order valence-corrected chi connectivity index (χ1v) is 5.23. The molecular weight excluding hydrogens is 291 g/mol. The van der Waals surface area contributed by atoms with E-state index in [1.165, 1.54) is 6.92 Å². The predicted octanol–water partition coefficient (Wildman–Crippen LogP) is 3.17. The van der Waals surface area contributed by atoms with Crippen LogP contribution in [0.3, 0.4) is 0 Å². The number of halogens is 1. The molecule has 2 nitrogen and oxygen atoms in total. The van der Waals surface area contributed by atoms with Gasteiger partial charge < -0.3 is 4.74 Å². The van der Waals surface area contributed by atoms with Crippen molar-refractivity contribution in [2.45, 2.75) is 13.8 Å². The third kappa shape index (κ3) is 2.57. The van der Waals surface area contributed by atoms with E-state index in [1.54, 1.807) is 6.08 Å². The molecule has 0 fully saturated rings. The lowest BCUT2D eigenvalue weighted by molar-refractivity contribution is -0.131. The first-order valence-electron chi connectivity index (χ1n) is 4.15. The van der Waals surface area contributed by atoms with E-state index in [0.29, 0.717) is 5.75 Å². The van der Waals surface area contributed by atoms with E-state index in [-0.39, 0.29) is 5.97 Å². The van der Waals surface area contributed by atoms with Crippen LogP contribution in [-0.4, -0.2) is 5.97 Å². The minimum Gasteiger partial charge on any atom is -0.425 e. The normalized spacial score (nSPS) is 9.64. The van der Waals surface area contributed by atoms with Crippen molar-refractivity contribution in [3.05, 3.63) is 33.4 Å². The number of carbonyl (C=O) groups is 1. The van der Waals surface area contributed by atoms with Gasteiger partial charge in [0.05, 0.1) is 3.57 Å². The second-order valence-corrected chi connectivity index (χ2v) is 4.11. The molecule has 14 heavy (non-hydrogen) atoms. The van der Waals surface area contributed by atoms with Crippen LogP contribution in [0.15, 0.2) is 18.7 Å². The van der Waals surface area contributed by atoms with Gasteiger partial charge in [0.25, 0.3) is 0 Å². The third-order valence-corrected chi connectivity index (χ3v) is 2.53. The van der Waals surface area contributed by atoms with Crippen molar-refractivity contribution in [2.24, 2.45) is 0 Å². The van der Waals surface area contributed by atoms with Crippen LogP contribution in [0.25, 0.3) is 6.08 Å². The van der Waals surface area contributed by atoms with E-state index in [9.17, 15) is 4.79 Å². The number of ether oxygens (including phenoxy) is 1. The van der Waals surface area contributed by atoms with E-state index in [0.717, 1.165) is 14.7 Å². The van der Waals surface area contributed by atoms with Gasteiger partial charge in [-0.1, -0.05) is 12.7 Å². The van der Waals surface area contributed by atoms with Gasteiger partial charge in [-0.2, -0.15) is 0 Å². The van der Waals surface area contributed by atoms with E-state index < -0.39 is 0 Å². The Morgan fingerprint density at radius 3 is 2.64 bits per heavy atom. The molecule has 0 heterocycles. The zero-order valence-electron chi connectivity index (χ0n) is 8.13. The van der Waals surface area contributed by atoms with Gasteiger partial charge in [0.15, 0.2) is 0 Å². The highest BCUT2D eigenvalue weighted by atomic mass is 127. The molecule has 1 aromatic rings. The maximum Gasteiger partial charge on any atom is 0.308 e. The van der Waals surface area contributed by atoms with Crippen LogP contribution < -0.4 is 4.74 Å². The van der Waals surface area contributed by atoms with E-state index >= 15 is 0 Å². The van der Waals surface area contributed by atoms with Gasteiger partial charge in [-0.25, -0.2) is 0 Å². The van der Waals surface area contributed by atoms with Crippen molar-refractivity contribution in [2.75, 3.05) is 0 Å². The summed E-state index contributed by atoms with van der Waals surface area (Å²) in [6, 6.07) is 3.87. The summed E-state index contributed by atoms with van der Waals surface area (Å²) in [6.07, 6.45) is 1.77. The Labute approximate surface area is 97.1 Å². The van der Waals surface area contributed by atoms with Crippen LogP contribution in [-0.2, 0) is 4.79 Å². The summed E-state index contributed by atoms with van der Waals surface area (Å²) in [5.41, 5.74) is 1.98. The standard InChI is InChI=1S/C11H11IO2/c1-4-9-5-7(2)11(10(12)6-9)14-8(3)13/h4-6H,1H2,2-3H3. The molecule has 0 aromatic heterocycles. The lowest BCUT2D eigenvalue weighted by Crippen LogP contribution is -2.04. The monoisotopic (exact) mass is 302 g/mol. The Balaban J connectivity index is 3.17. The maximum atomic E-state index is 10.8. The Morgan fingerprint density at radius 2 is 2.21 bits per heavy atom. The van der Waals surface area contributed by atoms with Crippen LogP contribution >= 0.6 is 22.6 Å². The summed E-state index contributed by atoms with van der Waals surface area (Å²) in [6.45, 7) is 7.00. The van der Waals surface area contributed by atoms with Gasteiger partial charge in [0, 0.05) is 6.92 Å². The molecule has 0 aliphatic rings. The summed E-state index contributed by atoms with van der Waals surface area (Å²) < 4.78 is 6.02. The molecular formula is C11H11IO2. The summed E-state index contributed by atoms with van der Waals surface area (Å²) in [4.78, 5) is 10.8. The molecule has 1 rings (SSSR count). The number of benzene rings is 1. The van der Waals surface area contributed by atoms with E-state index in [4.69, 9.17) is 4.74 Å². The minimum absolute atomic E-state index is 0.294. The topological polar surface area (TPSA) is 26.3 Å². The number of hydrogen-bond donors (Lipinski definition) is 0. The Kier molecular flexibility index (Phi) is 3.69. The highest BCUT2D eigenvalue weighted by Crippen LogP contribution is 2.27. The lowest BCUT2D eigenvalue weighted by Gasteiger charge is -2.08. The molecule has 0 radical (unpaired) electrons. The first-order chi connectivity index (χ1) is 6.54. The number of carbonyl (C=O) groups excluding carboxylic acids is 1. The van der Waals surface area contributed by atoms with Crippen LogP contribution in [0.5, 0.6) is 5.75 Å². The van der Waals surface area contributed by atoms with Crippen molar-refractivity contribution in [1.82, 2.24) is 0 Å². The van der Waals surface area contributed by atoms with Gasteiger partial charge in [-0.3, -0.25) is 4.79 Å². The van der Waals surface area contributed by atoms with Crippen LogP contribution in [0, 0.1) is 10.5 Å². The molecule has 0 N–H and O–H groups in total. The molecule has 3 heteroatoms. The third-order valence-electron chi connectivity index (χ3n) is 1.73. The SMILES string of the molecule is C=Cc1cc(C)c(OC(C)=O)c(I)c1.